The predicted molar refractivity (Wildman–Crippen MR) is 99.1 cm³/mol. The Bertz CT molecular complexity index is 905. The number of amides is 1. The summed E-state index contributed by atoms with van der Waals surface area (Å²) in [5.41, 5.74) is 1.86. The van der Waals surface area contributed by atoms with Crippen LogP contribution in [0.3, 0.4) is 0 Å². The minimum atomic E-state index is -0.577. The predicted octanol–water partition coefficient (Wildman–Crippen LogP) is 3.02. The number of ether oxygens (including phenoxy) is 1. The maximum absolute atomic E-state index is 12.3. The molecule has 0 bridgehead atoms. The van der Waals surface area contributed by atoms with Crippen molar-refractivity contribution in [1.29, 1.82) is 0 Å². The molecule has 4 rings (SSSR count). The second-order valence-corrected chi connectivity index (χ2v) is 7.77. The summed E-state index contributed by atoms with van der Waals surface area (Å²) < 4.78 is 5.15. The number of hydrogen-bond donors (Lipinski definition) is 1. The molecule has 1 fully saturated rings. The highest BCUT2D eigenvalue weighted by Crippen LogP contribution is 2.37. The number of aryl methyl sites for hydroxylation is 1. The Hall–Kier alpha value is -2.67. The van der Waals surface area contributed by atoms with Gasteiger partial charge in [0.25, 0.3) is 0 Å². The molecular formula is C19H18N2O4S. The molecule has 1 amide bonds. The van der Waals surface area contributed by atoms with Crippen LogP contribution < -0.4 is 10.2 Å². The second kappa shape index (κ2) is 6.57. The summed E-state index contributed by atoms with van der Waals surface area (Å²) in [6, 6.07) is 8.59. The van der Waals surface area contributed by atoms with Gasteiger partial charge in [-0.1, -0.05) is 0 Å². The Kier molecular flexibility index (Phi) is 4.24. The van der Waals surface area contributed by atoms with Crippen molar-refractivity contribution < 1.29 is 19.1 Å². The molecule has 3 heterocycles. The third-order valence-electron chi connectivity index (χ3n) is 4.70. The van der Waals surface area contributed by atoms with E-state index in [2.05, 4.69) is 10.2 Å². The van der Waals surface area contributed by atoms with Crippen LogP contribution in [0.2, 0.25) is 0 Å². The Labute approximate surface area is 154 Å². The largest absolute Gasteiger partial charge is 0.454 e. The molecule has 0 spiro atoms. The van der Waals surface area contributed by atoms with Crippen LogP contribution in [-0.4, -0.2) is 36.9 Å². The summed E-state index contributed by atoms with van der Waals surface area (Å²) in [6.07, 6.45) is 1.82. The third kappa shape index (κ3) is 2.99. The molecule has 2 aromatic rings. The summed E-state index contributed by atoms with van der Waals surface area (Å²) in [6.45, 7) is 2.46. The van der Waals surface area contributed by atoms with Crippen molar-refractivity contribution in [3.05, 3.63) is 45.6 Å². The number of benzene rings is 1. The highest BCUT2D eigenvalue weighted by Gasteiger charge is 2.36. The summed E-state index contributed by atoms with van der Waals surface area (Å²) in [4.78, 5) is 40.2. The molecule has 2 aliphatic heterocycles. The standard InChI is InChI=1S/C19H18N2O4S/c1-11-4-7-17(26-11)16(22)10-25-19(24)12-5-6-14-13(9-12)20-18(23)15-3-2-8-21(14)15/h4-7,9,15H,2-3,8,10H2,1H3,(H,20,23)/t15-/m1/s1. The SMILES string of the molecule is Cc1ccc(C(=O)COC(=O)c2ccc3c(c2)NC(=O)[C@H]2CCCN32)s1. The lowest BCUT2D eigenvalue weighted by Gasteiger charge is -2.33. The summed E-state index contributed by atoms with van der Waals surface area (Å²) >= 11 is 1.38. The fourth-order valence-corrected chi connectivity index (χ4v) is 4.22. The van der Waals surface area contributed by atoms with E-state index < -0.39 is 5.97 Å². The highest BCUT2D eigenvalue weighted by atomic mass is 32.1. The normalized spacial score (nSPS) is 18.1. The van der Waals surface area contributed by atoms with Crippen LogP contribution in [0.1, 0.15) is 37.7 Å². The van der Waals surface area contributed by atoms with E-state index in [-0.39, 0.29) is 24.3 Å². The average Bonchev–Trinajstić information content (AvgIpc) is 3.28. The van der Waals surface area contributed by atoms with Gasteiger partial charge < -0.3 is 15.0 Å². The number of carbonyl (C=O) groups excluding carboxylic acids is 3. The van der Waals surface area contributed by atoms with E-state index in [0.29, 0.717) is 16.1 Å². The molecule has 0 radical (unpaired) electrons. The lowest BCUT2D eigenvalue weighted by molar-refractivity contribution is -0.117. The van der Waals surface area contributed by atoms with Crippen molar-refractivity contribution in [2.45, 2.75) is 25.8 Å². The number of carbonyl (C=O) groups is 3. The van der Waals surface area contributed by atoms with Crippen LogP contribution >= 0.6 is 11.3 Å². The number of fused-ring (bicyclic) bond motifs is 3. The van der Waals surface area contributed by atoms with E-state index >= 15 is 0 Å². The van der Waals surface area contributed by atoms with E-state index in [1.54, 1.807) is 18.2 Å². The fraction of sp³-hybridized carbons (Fsp3) is 0.316. The van der Waals surface area contributed by atoms with Crippen LogP contribution in [-0.2, 0) is 9.53 Å². The number of hydrogen-bond acceptors (Lipinski definition) is 6. The second-order valence-electron chi connectivity index (χ2n) is 6.48. The molecule has 0 saturated carbocycles. The van der Waals surface area contributed by atoms with Crippen molar-refractivity contribution in [2.24, 2.45) is 0 Å². The Morgan fingerprint density at radius 3 is 2.92 bits per heavy atom. The Morgan fingerprint density at radius 1 is 1.31 bits per heavy atom. The van der Waals surface area contributed by atoms with E-state index in [0.717, 1.165) is 30.0 Å². The molecule has 134 valence electrons. The first-order valence-corrected chi connectivity index (χ1v) is 9.33. The third-order valence-corrected chi connectivity index (χ3v) is 5.75. The first-order chi connectivity index (χ1) is 12.5. The van der Waals surface area contributed by atoms with Gasteiger partial charge in [-0.05, 0) is 50.1 Å². The van der Waals surface area contributed by atoms with Gasteiger partial charge in [0.05, 0.1) is 21.8 Å². The number of nitrogens with one attached hydrogen (secondary N) is 1. The molecule has 0 aliphatic carbocycles. The van der Waals surface area contributed by atoms with Gasteiger partial charge in [-0.3, -0.25) is 9.59 Å². The Balaban J connectivity index is 1.46. The lowest BCUT2D eigenvalue weighted by atomic mass is 10.1. The van der Waals surface area contributed by atoms with Crippen LogP contribution in [0.4, 0.5) is 11.4 Å². The monoisotopic (exact) mass is 370 g/mol. The van der Waals surface area contributed by atoms with E-state index in [9.17, 15) is 14.4 Å². The van der Waals surface area contributed by atoms with Gasteiger partial charge in [0.2, 0.25) is 11.7 Å². The maximum Gasteiger partial charge on any atom is 0.338 e. The van der Waals surface area contributed by atoms with Crippen LogP contribution in [0, 0.1) is 6.92 Å². The van der Waals surface area contributed by atoms with Crippen molar-refractivity contribution in [2.75, 3.05) is 23.4 Å². The molecule has 6 nitrogen and oxygen atoms in total. The summed E-state index contributed by atoms with van der Waals surface area (Å²) in [5, 5.41) is 2.87. The first kappa shape index (κ1) is 16.8. The van der Waals surface area contributed by atoms with Gasteiger partial charge in [0.1, 0.15) is 6.04 Å². The molecule has 26 heavy (non-hydrogen) atoms. The highest BCUT2D eigenvalue weighted by molar-refractivity contribution is 7.14. The Morgan fingerprint density at radius 2 is 2.15 bits per heavy atom. The molecular weight excluding hydrogens is 352 g/mol. The number of Topliss-reactive ketones (excluding diaryl/α,β-unsaturated/α-hetero) is 1. The molecule has 1 aromatic heterocycles. The van der Waals surface area contributed by atoms with Crippen LogP contribution in [0.5, 0.6) is 0 Å². The quantitative estimate of drug-likeness (QED) is 0.661. The summed E-state index contributed by atoms with van der Waals surface area (Å²) in [5.74, 6) is -0.835. The van der Waals surface area contributed by atoms with Gasteiger partial charge >= 0.3 is 5.97 Å². The zero-order valence-corrected chi connectivity index (χ0v) is 15.1. The van der Waals surface area contributed by atoms with Gasteiger partial charge in [0, 0.05) is 11.4 Å². The fourth-order valence-electron chi connectivity index (χ4n) is 3.43. The molecule has 0 unspecified atom stereocenters. The van der Waals surface area contributed by atoms with Crippen molar-refractivity contribution in [1.82, 2.24) is 0 Å². The molecule has 1 saturated heterocycles. The number of anilines is 2. The number of nitrogens with zero attached hydrogens (tertiary/aromatic N) is 1. The number of esters is 1. The molecule has 2 aliphatic rings. The minimum absolute atomic E-state index is 0.0382. The van der Waals surface area contributed by atoms with E-state index in [1.165, 1.54) is 11.3 Å². The molecule has 7 heteroatoms. The van der Waals surface area contributed by atoms with Crippen molar-refractivity contribution >= 4 is 40.4 Å². The number of rotatable bonds is 4. The first-order valence-electron chi connectivity index (χ1n) is 8.51. The van der Waals surface area contributed by atoms with Crippen molar-refractivity contribution in [3.8, 4) is 0 Å². The molecule has 1 atom stereocenters. The van der Waals surface area contributed by atoms with E-state index in [4.69, 9.17) is 4.74 Å². The van der Waals surface area contributed by atoms with Crippen molar-refractivity contribution in [3.63, 3.8) is 0 Å². The lowest BCUT2D eigenvalue weighted by Crippen LogP contribution is -2.43. The summed E-state index contributed by atoms with van der Waals surface area (Å²) in [7, 11) is 0. The zero-order valence-electron chi connectivity index (χ0n) is 14.3. The number of ketones is 1. The van der Waals surface area contributed by atoms with Gasteiger partial charge in [0.15, 0.2) is 6.61 Å². The minimum Gasteiger partial charge on any atom is -0.454 e. The van der Waals surface area contributed by atoms with Gasteiger partial charge in [-0.2, -0.15) is 0 Å². The molecule has 1 N–H and O–H groups in total. The van der Waals surface area contributed by atoms with Crippen LogP contribution in [0.15, 0.2) is 30.3 Å². The maximum atomic E-state index is 12.3. The zero-order chi connectivity index (χ0) is 18.3. The van der Waals surface area contributed by atoms with Gasteiger partial charge in [-0.25, -0.2) is 4.79 Å². The van der Waals surface area contributed by atoms with Gasteiger partial charge in [-0.15, -0.1) is 11.3 Å². The van der Waals surface area contributed by atoms with Crippen LogP contribution in [0.25, 0.3) is 0 Å². The molecule has 1 aromatic carbocycles. The van der Waals surface area contributed by atoms with E-state index in [1.807, 2.05) is 19.1 Å². The number of thiophene rings is 1. The topological polar surface area (TPSA) is 75.7 Å². The average molecular weight is 370 g/mol. The smallest absolute Gasteiger partial charge is 0.338 e.